The second-order valence-electron chi connectivity index (χ2n) is 7.64. The number of ether oxygens (including phenoxy) is 3. The van der Waals surface area contributed by atoms with Crippen LogP contribution in [0.15, 0.2) is 30.9 Å². The van der Waals surface area contributed by atoms with Crippen LogP contribution in [0, 0.1) is 17.3 Å². The third kappa shape index (κ3) is 2.26. The molecule has 2 saturated carbocycles. The SMILES string of the molecule is C=CC[C@@]12C[C@H](OC)[C@H](O)[C@H]([C@H](c3ccc4c(c3)OCO4)[C@H]1C)[C@H]2O. The summed E-state index contributed by atoms with van der Waals surface area (Å²) in [5.74, 6) is 1.42. The minimum atomic E-state index is -0.696. The Labute approximate surface area is 148 Å². The molecule has 0 unspecified atom stereocenters. The average molecular weight is 346 g/mol. The minimum Gasteiger partial charge on any atom is -0.454 e. The molecule has 0 spiro atoms. The van der Waals surface area contributed by atoms with Crippen molar-refractivity contribution >= 4 is 0 Å². The number of aliphatic hydroxyl groups excluding tert-OH is 2. The number of methoxy groups -OCH3 is 1. The molecule has 4 rings (SSSR count). The van der Waals surface area contributed by atoms with Gasteiger partial charge in [0.25, 0.3) is 0 Å². The van der Waals surface area contributed by atoms with Crippen LogP contribution in [0.25, 0.3) is 0 Å². The largest absolute Gasteiger partial charge is 0.454 e. The molecular weight excluding hydrogens is 320 g/mol. The molecule has 5 heteroatoms. The Morgan fingerprint density at radius 2 is 2.08 bits per heavy atom. The lowest BCUT2D eigenvalue weighted by Crippen LogP contribution is -2.52. The van der Waals surface area contributed by atoms with Crippen molar-refractivity contribution < 1.29 is 24.4 Å². The summed E-state index contributed by atoms with van der Waals surface area (Å²) in [6.07, 6.45) is 1.67. The lowest BCUT2D eigenvalue weighted by Gasteiger charge is -2.45. The van der Waals surface area contributed by atoms with E-state index in [-0.39, 0.29) is 36.1 Å². The first kappa shape index (κ1) is 16.9. The smallest absolute Gasteiger partial charge is 0.231 e. The van der Waals surface area contributed by atoms with Crippen LogP contribution in [0.4, 0.5) is 0 Å². The molecule has 5 nitrogen and oxygen atoms in total. The molecule has 1 aromatic rings. The third-order valence-electron chi connectivity index (χ3n) is 6.78. The molecular formula is C20H26O5. The van der Waals surface area contributed by atoms with Crippen LogP contribution in [-0.2, 0) is 4.74 Å². The maximum absolute atomic E-state index is 11.2. The van der Waals surface area contributed by atoms with E-state index in [0.717, 1.165) is 17.1 Å². The van der Waals surface area contributed by atoms with E-state index in [1.807, 2.05) is 24.3 Å². The van der Waals surface area contributed by atoms with Crippen LogP contribution < -0.4 is 9.47 Å². The Balaban J connectivity index is 1.79. The van der Waals surface area contributed by atoms with Gasteiger partial charge in [0.1, 0.15) is 0 Å². The molecule has 2 fully saturated rings. The molecule has 0 amide bonds. The second-order valence-corrected chi connectivity index (χ2v) is 7.64. The highest BCUT2D eigenvalue weighted by Gasteiger charge is 2.64. The quantitative estimate of drug-likeness (QED) is 0.820. The van der Waals surface area contributed by atoms with E-state index < -0.39 is 12.2 Å². The summed E-state index contributed by atoms with van der Waals surface area (Å²) < 4.78 is 16.5. The molecule has 1 aromatic carbocycles. The van der Waals surface area contributed by atoms with Crippen LogP contribution >= 0.6 is 0 Å². The van der Waals surface area contributed by atoms with Crippen molar-refractivity contribution in [2.75, 3.05) is 13.9 Å². The maximum atomic E-state index is 11.2. The molecule has 3 aliphatic rings. The standard InChI is InChI=1S/C20H26O5/c1-4-7-20-9-15(23-3)18(21)17(19(20)22)16(11(20)2)12-5-6-13-14(8-12)25-10-24-13/h4-6,8,11,15-19,21-22H,1,7,9-10H2,2-3H3/t11-,15+,16+,17+,18+,19-,20-/m1/s1. The fourth-order valence-electron chi connectivity index (χ4n) is 5.50. The minimum absolute atomic E-state index is 0.0274. The summed E-state index contributed by atoms with van der Waals surface area (Å²) in [7, 11) is 1.63. The topological polar surface area (TPSA) is 68.2 Å². The number of rotatable bonds is 4. The third-order valence-corrected chi connectivity index (χ3v) is 6.78. The fraction of sp³-hybridized carbons (Fsp3) is 0.600. The van der Waals surface area contributed by atoms with Crippen LogP contribution in [0.3, 0.4) is 0 Å². The molecule has 136 valence electrons. The second kappa shape index (κ2) is 6.01. The van der Waals surface area contributed by atoms with Gasteiger partial charge in [-0.2, -0.15) is 0 Å². The van der Waals surface area contributed by atoms with E-state index in [2.05, 4.69) is 13.5 Å². The van der Waals surface area contributed by atoms with Crippen molar-refractivity contribution in [3.05, 3.63) is 36.4 Å². The summed E-state index contributed by atoms with van der Waals surface area (Å²) in [6, 6.07) is 5.94. The van der Waals surface area contributed by atoms with Crippen LogP contribution in [0.2, 0.25) is 0 Å². The van der Waals surface area contributed by atoms with Crippen molar-refractivity contribution in [2.24, 2.45) is 17.3 Å². The Morgan fingerprint density at radius 3 is 2.80 bits per heavy atom. The summed E-state index contributed by atoms with van der Waals surface area (Å²) in [4.78, 5) is 0. The van der Waals surface area contributed by atoms with Gasteiger partial charge in [0.2, 0.25) is 6.79 Å². The monoisotopic (exact) mass is 346 g/mol. The van der Waals surface area contributed by atoms with E-state index in [1.165, 1.54) is 0 Å². The van der Waals surface area contributed by atoms with Crippen LogP contribution in [0.1, 0.15) is 31.2 Å². The number of hydrogen-bond acceptors (Lipinski definition) is 5. The summed E-state index contributed by atoms with van der Waals surface area (Å²) in [5.41, 5.74) is 0.746. The lowest BCUT2D eigenvalue weighted by molar-refractivity contribution is -0.143. The Hall–Kier alpha value is -1.56. The Morgan fingerprint density at radius 1 is 1.32 bits per heavy atom. The highest BCUT2D eigenvalue weighted by molar-refractivity contribution is 5.46. The van der Waals surface area contributed by atoms with E-state index >= 15 is 0 Å². The van der Waals surface area contributed by atoms with E-state index in [0.29, 0.717) is 12.8 Å². The van der Waals surface area contributed by atoms with Crippen molar-refractivity contribution in [3.8, 4) is 11.5 Å². The normalized spacial score (nSPS) is 41.8. The molecule has 25 heavy (non-hydrogen) atoms. The number of benzene rings is 1. The fourth-order valence-corrected chi connectivity index (χ4v) is 5.50. The number of hydrogen-bond donors (Lipinski definition) is 2. The zero-order chi connectivity index (χ0) is 17.8. The van der Waals surface area contributed by atoms with Gasteiger partial charge in [0.15, 0.2) is 11.5 Å². The number of fused-ring (bicyclic) bond motifs is 3. The van der Waals surface area contributed by atoms with Gasteiger partial charge in [-0.05, 0) is 42.4 Å². The Bertz CT molecular complexity index is 674. The average Bonchev–Trinajstić information content (AvgIpc) is 3.13. The van der Waals surface area contributed by atoms with E-state index in [1.54, 1.807) is 7.11 Å². The predicted molar refractivity (Wildman–Crippen MR) is 92.6 cm³/mol. The lowest BCUT2D eigenvalue weighted by atomic mass is 9.66. The van der Waals surface area contributed by atoms with Gasteiger partial charge in [-0.25, -0.2) is 0 Å². The predicted octanol–water partition coefficient (Wildman–Crippen LogP) is 2.47. The molecule has 2 bridgehead atoms. The highest BCUT2D eigenvalue weighted by atomic mass is 16.7. The van der Waals surface area contributed by atoms with E-state index in [4.69, 9.17) is 14.2 Å². The number of aliphatic hydroxyl groups is 2. The summed E-state index contributed by atoms with van der Waals surface area (Å²) in [5, 5.41) is 22.0. The molecule has 2 aliphatic carbocycles. The van der Waals surface area contributed by atoms with Gasteiger partial charge < -0.3 is 24.4 Å². The molecule has 1 heterocycles. The van der Waals surface area contributed by atoms with Gasteiger partial charge in [0.05, 0.1) is 18.3 Å². The maximum Gasteiger partial charge on any atom is 0.231 e. The summed E-state index contributed by atoms with van der Waals surface area (Å²) in [6.45, 7) is 6.31. The first-order valence-corrected chi connectivity index (χ1v) is 8.93. The molecule has 2 N–H and O–H groups in total. The highest BCUT2D eigenvalue weighted by Crippen LogP contribution is 2.63. The summed E-state index contributed by atoms with van der Waals surface area (Å²) >= 11 is 0. The molecule has 7 atom stereocenters. The van der Waals surface area contributed by atoms with Gasteiger partial charge in [-0.1, -0.05) is 19.1 Å². The van der Waals surface area contributed by atoms with Gasteiger partial charge >= 0.3 is 0 Å². The van der Waals surface area contributed by atoms with Crippen molar-refractivity contribution in [1.82, 2.24) is 0 Å². The van der Waals surface area contributed by atoms with Crippen molar-refractivity contribution in [2.45, 2.75) is 44.0 Å². The van der Waals surface area contributed by atoms with Gasteiger partial charge in [0, 0.05) is 18.4 Å². The first-order chi connectivity index (χ1) is 12.0. The Kier molecular flexibility index (Phi) is 4.06. The van der Waals surface area contributed by atoms with Gasteiger partial charge in [-0.15, -0.1) is 6.58 Å². The van der Waals surface area contributed by atoms with Crippen LogP contribution in [-0.4, -0.2) is 42.4 Å². The van der Waals surface area contributed by atoms with Crippen LogP contribution in [0.5, 0.6) is 11.5 Å². The zero-order valence-electron chi connectivity index (χ0n) is 14.7. The van der Waals surface area contributed by atoms with Gasteiger partial charge in [-0.3, -0.25) is 0 Å². The zero-order valence-corrected chi connectivity index (χ0v) is 14.7. The molecule has 0 aromatic heterocycles. The molecule has 1 aliphatic heterocycles. The molecule has 0 radical (unpaired) electrons. The molecule has 0 saturated heterocycles. The first-order valence-electron chi connectivity index (χ1n) is 8.93. The van der Waals surface area contributed by atoms with E-state index in [9.17, 15) is 10.2 Å². The number of allylic oxidation sites excluding steroid dienone is 1. The van der Waals surface area contributed by atoms with Crippen molar-refractivity contribution in [3.63, 3.8) is 0 Å². The van der Waals surface area contributed by atoms with Crippen molar-refractivity contribution in [1.29, 1.82) is 0 Å².